The third-order valence-electron chi connectivity index (χ3n) is 5.27. The van der Waals surface area contributed by atoms with Crippen molar-refractivity contribution in [3.05, 3.63) is 0 Å². The van der Waals surface area contributed by atoms with Crippen LogP contribution in [0.2, 0.25) is 0 Å². The second-order valence-electron chi connectivity index (χ2n) is 8.00. The Morgan fingerprint density at radius 2 is 1.33 bits per heavy atom. The lowest BCUT2D eigenvalue weighted by Crippen LogP contribution is -2.59. The number of unbranched alkanes of at least 4 members (excludes halogenated alkanes) is 10. The van der Waals surface area contributed by atoms with Gasteiger partial charge in [0.05, 0.1) is 5.54 Å². The number of esters is 1. The quantitative estimate of drug-likeness (QED) is 0.171. The topological polar surface area (TPSA) is 90.4 Å². The van der Waals surface area contributed by atoms with Crippen LogP contribution >= 0.6 is 0 Å². The van der Waals surface area contributed by atoms with Crippen LogP contribution in [0.15, 0.2) is 0 Å². The van der Waals surface area contributed by atoms with E-state index >= 15 is 0 Å². The van der Waals surface area contributed by atoms with E-state index in [1.54, 1.807) is 0 Å². The molecule has 162 valence electrons. The summed E-state index contributed by atoms with van der Waals surface area (Å²) in [5.41, 5.74) is 12.0. The average Bonchev–Trinajstić information content (AvgIpc) is 2.64. The summed E-state index contributed by atoms with van der Waals surface area (Å²) in [6.07, 6.45) is 16.1. The standard InChI is InChI=1S/C22H47N3O2/c1-4-6-8-10-12-14-16-22(24,17-15-13-11-9-7-5-2)21(25-19-18-23)27-20(3)26/h21,25H,4-19,23-24H2,1-3H3. The third kappa shape index (κ3) is 14.1. The molecule has 0 fully saturated rings. The molecule has 5 nitrogen and oxygen atoms in total. The molecule has 0 aromatic heterocycles. The molecule has 5 N–H and O–H groups in total. The minimum atomic E-state index is -0.518. The van der Waals surface area contributed by atoms with Gasteiger partial charge in [-0.1, -0.05) is 90.9 Å². The smallest absolute Gasteiger partial charge is 0.304 e. The lowest BCUT2D eigenvalue weighted by Gasteiger charge is -2.37. The van der Waals surface area contributed by atoms with Crippen molar-refractivity contribution in [2.45, 2.75) is 122 Å². The number of carbonyl (C=O) groups excluding carboxylic acids is 1. The molecular weight excluding hydrogens is 338 g/mol. The fourth-order valence-electron chi connectivity index (χ4n) is 3.60. The molecule has 0 aliphatic carbocycles. The summed E-state index contributed by atoms with van der Waals surface area (Å²) in [5.74, 6) is -0.287. The van der Waals surface area contributed by atoms with Crippen molar-refractivity contribution in [1.82, 2.24) is 5.32 Å². The highest BCUT2D eigenvalue weighted by Gasteiger charge is 2.36. The van der Waals surface area contributed by atoms with Gasteiger partial charge in [0.25, 0.3) is 0 Å². The summed E-state index contributed by atoms with van der Waals surface area (Å²) < 4.78 is 5.58. The molecule has 0 rings (SSSR count). The highest BCUT2D eigenvalue weighted by molar-refractivity contribution is 5.66. The summed E-state index contributed by atoms with van der Waals surface area (Å²) >= 11 is 0. The molecule has 27 heavy (non-hydrogen) atoms. The van der Waals surface area contributed by atoms with Gasteiger partial charge in [-0.05, 0) is 12.8 Å². The Labute approximate surface area is 168 Å². The first-order valence-electron chi connectivity index (χ1n) is 11.4. The van der Waals surface area contributed by atoms with Gasteiger partial charge in [0, 0.05) is 20.0 Å². The van der Waals surface area contributed by atoms with Crippen LogP contribution in [-0.2, 0) is 9.53 Å². The highest BCUT2D eigenvalue weighted by Crippen LogP contribution is 2.25. The molecule has 0 saturated carbocycles. The van der Waals surface area contributed by atoms with Gasteiger partial charge < -0.3 is 16.2 Å². The van der Waals surface area contributed by atoms with Crippen molar-refractivity contribution in [2.24, 2.45) is 11.5 Å². The van der Waals surface area contributed by atoms with Crippen molar-refractivity contribution in [1.29, 1.82) is 0 Å². The van der Waals surface area contributed by atoms with Crippen LogP contribution in [0.1, 0.15) is 111 Å². The molecule has 0 heterocycles. The molecule has 0 radical (unpaired) electrons. The number of hydrogen-bond donors (Lipinski definition) is 3. The molecule has 1 atom stereocenters. The first-order chi connectivity index (χ1) is 13.0. The largest absolute Gasteiger partial charge is 0.445 e. The van der Waals surface area contributed by atoms with E-state index in [4.69, 9.17) is 16.2 Å². The monoisotopic (exact) mass is 385 g/mol. The van der Waals surface area contributed by atoms with Gasteiger partial charge in [-0.25, -0.2) is 0 Å². The van der Waals surface area contributed by atoms with Crippen LogP contribution in [0.5, 0.6) is 0 Å². The molecule has 0 aromatic carbocycles. The first kappa shape index (κ1) is 26.4. The zero-order valence-electron chi connectivity index (χ0n) is 18.4. The van der Waals surface area contributed by atoms with Gasteiger partial charge in [0.2, 0.25) is 0 Å². The van der Waals surface area contributed by atoms with Crippen molar-refractivity contribution < 1.29 is 9.53 Å². The molecular formula is C22H47N3O2. The molecule has 0 spiro atoms. The minimum absolute atomic E-state index is 0.287. The summed E-state index contributed by atoms with van der Waals surface area (Å²) in [5, 5.41) is 3.27. The summed E-state index contributed by atoms with van der Waals surface area (Å²) in [4.78, 5) is 11.6. The van der Waals surface area contributed by atoms with Gasteiger partial charge in [-0.15, -0.1) is 0 Å². The van der Waals surface area contributed by atoms with Gasteiger partial charge in [0.15, 0.2) is 6.23 Å². The van der Waals surface area contributed by atoms with Crippen LogP contribution < -0.4 is 16.8 Å². The van der Waals surface area contributed by atoms with E-state index < -0.39 is 11.8 Å². The fraction of sp³-hybridized carbons (Fsp3) is 0.955. The maximum absolute atomic E-state index is 11.6. The lowest BCUT2D eigenvalue weighted by atomic mass is 9.85. The predicted octanol–water partition coefficient (Wildman–Crippen LogP) is 4.62. The molecule has 0 bridgehead atoms. The van der Waals surface area contributed by atoms with Crippen LogP contribution in [-0.4, -0.2) is 30.8 Å². The second-order valence-corrected chi connectivity index (χ2v) is 8.00. The second kappa shape index (κ2) is 17.4. The van der Waals surface area contributed by atoms with Crippen molar-refractivity contribution in [3.63, 3.8) is 0 Å². The number of rotatable bonds is 19. The maximum atomic E-state index is 11.6. The van der Waals surface area contributed by atoms with Crippen LogP contribution in [0.4, 0.5) is 0 Å². The molecule has 0 aliphatic rings. The zero-order valence-corrected chi connectivity index (χ0v) is 18.4. The molecule has 0 aromatic rings. The zero-order chi connectivity index (χ0) is 20.4. The normalized spacial score (nSPS) is 12.9. The number of hydrogen-bond acceptors (Lipinski definition) is 5. The first-order valence-corrected chi connectivity index (χ1v) is 11.4. The Balaban J connectivity index is 4.67. The Kier molecular flexibility index (Phi) is 17.0. The Morgan fingerprint density at radius 3 is 1.74 bits per heavy atom. The maximum Gasteiger partial charge on any atom is 0.304 e. The molecule has 0 amide bonds. The van der Waals surface area contributed by atoms with Gasteiger partial charge in [-0.2, -0.15) is 0 Å². The number of nitrogens with two attached hydrogens (primary N) is 2. The number of ether oxygens (including phenoxy) is 1. The van der Waals surface area contributed by atoms with E-state index in [9.17, 15) is 4.79 Å². The molecule has 1 unspecified atom stereocenters. The number of nitrogens with one attached hydrogen (secondary N) is 1. The van der Waals surface area contributed by atoms with E-state index in [2.05, 4.69) is 19.2 Å². The average molecular weight is 386 g/mol. The Morgan fingerprint density at radius 1 is 0.889 bits per heavy atom. The van der Waals surface area contributed by atoms with E-state index in [1.807, 2.05) is 0 Å². The molecule has 0 saturated heterocycles. The predicted molar refractivity (Wildman–Crippen MR) is 116 cm³/mol. The molecule has 0 aliphatic heterocycles. The van der Waals surface area contributed by atoms with Crippen LogP contribution in [0.25, 0.3) is 0 Å². The van der Waals surface area contributed by atoms with E-state index in [0.717, 1.165) is 25.7 Å². The third-order valence-corrected chi connectivity index (χ3v) is 5.27. The van der Waals surface area contributed by atoms with Crippen molar-refractivity contribution in [2.75, 3.05) is 13.1 Å². The minimum Gasteiger partial charge on any atom is -0.445 e. The van der Waals surface area contributed by atoms with E-state index in [1.165, 1.54) is 71.1 Å². The summed E-state index contributed by atoms with van der Waals surface area (Å²) in [6.45, 7) is 7.02. The Bertz CT molecular complexity index is 334. The van der Waals surface area contributed by atoms with Crippen LogP contribution in [0.3, 0.4) is 0 Å². The highest BCUT2D eigenvalue weighted by atomic mass is 16.6. The summed E-state index contributed by atoms with van der Waals surface area (Å²) in [7, 11) is 0. The van der Waals surface area contributed by atoms with Gasteiger partial charge in [-0.3, -0.25) is 10.1 Å². The summed E-state index contributed by atoms with van der Waals surface area (Å²) in [6, 6.07) is 0. The Hall–Kier alpha value is -0.650. The molecule has 5 heteroatoms. The van der Waals surface area contributed by atoms with Crippen molar-refractivity contribution in [3.8, 4) is 0 Å². The lowest BCUT2D eigenvalue weighted by molar-refractivity contribution is -0.153. The van der Waals surface area contributed by atoms with E-state index in [-0.39, 0.29) is 5.97 Å². The van der Waals surface area contributed by atoms with Crippen LogP contribution in [0, 0.1) is 0 Å². The number of carbonyl (C=O) groups is 1. The SMILES string of the molecule is CCCCCCCCC(N)(CCCCCCCC)C(NCCN)OC(C)=O. The van der Waals surface area contributed by atoms with E-state index in [0.29, 0.717) is 13.1 Å². The van der Waals surface area contributed by atoms with Gasteiger partial charge >= 0.3 is 5.97 Å². The van der Waals surface area contributed by atoms with Gasteiger partial charge in [0.1, 0.15) is 0 Å². The fourth-order valence-corrected chi connectivity index (χ4v) is 3.60. The van der Waals surface area contributed by atoms with Crippen molar-refractivity contribution >= 4 is 5.97 Å².